The highest BCUT2D eigenvalue weighted by Crippen LogP contribution is 2.29. The lowest BCUT2D eigenvalue weighted by atomic mass is 10.1. The molecule has 34 heavy (non-hydrogen) atoms. The number of amides is 1. The van der Waals surface area contributed by atoms with E-state index in [1.165, 1.54) is 4.68 Å². The molecule has 2 aromatic heterocycles. The van der Waals surface area contributed by atoms with Gasteiger partial charge in [-0.2, -0.15) is 9.78 Å². The SMILES string of the molecule is CCOc1cccc(-c2c(C(=O)N/N=C(\C)c3ccc(OC)cc3)nnn2-c2nonc2N)c1. The normalized spacial score (nSPS) is 11.3. The van der Waals surface area contributed by atoms with E-state index in [-0.39, 0.29) is 17.3 Å². The third-order valence-electron chi connectivity index (χ3n) is 4.83. The highest BCUT2D eigenvalue weighted by Gasteiger charge is 2.25. The van der Waals surface area contributed by atoms with Crippen LogP contribution in [0.25, 0.3) is 17.1 Å². The Kier molecular flexibility index (Phi) is 6.48. The highest BCUT2D eigenvalue weighted by molar-refractivity contribution is 6.02. The van der Waals surface area contributed by atoms with Crippen molar-refractivity contribution in [1.29, 1.82) is 0 Å². The molecular weight excluding hydrogens is 440 g/mol. The number of benzene rings is 2. The summed E-state index contributed by atoms with van der Waals surface area (Å²) in [4.78, 5) is 13.1. The second kappa shape index (κ2) is 9.81. The maximum Gasteiger partial charge on any atom is 0.294 e. The van der Waals surface area contributed by atoms with E-state index in [1.54, 1.807) is 38.3 Å². The number of carbonyl (C=O) groups excluding carboxylic acids is 1. The van der Waals surface area contributed by atoms with Crippen LogP contribution in [0.2, 0.25) is 0 Å². The lowest BCUT2D eigenvalue weighted by molar-refractivity contribution is 0.0950. The number of nitrogens with zero attached hydrogens (tertiary/aromatic N) is 6. The topological polar surface area (TPSA) is 156 Å². The van der Waals surface area contributed by atoms with Crippen LogP contribution in [0.1, 0.15) is 29.9 Å². The van der Waals surface area contributed by atoms with E-state index < -0.39 is 5.91 Å². The Labute approximate surface area is 194 Å². The van der Waals surface area contributed by atoms with Crippen LogP contribution >= 0.6 is 0 Å². The Bertz CT molecular complexity index is 1330. The molecule has 12 heteroatoms. The van der Waals surface area contributed by atoms with Gasteiger partial charge in [0.25, 0.3) is 5.91 Å². The van der Waals surface area contributed by atoms with Crippen molar-refractivity contribution in [2.24, 2.45) is 5.10 Å². The van der Waals surface area contributed by atoms with Crippen molar-refractivity contribution >= 4 is 17.4 Å². The van der Waals surface area contributed by atoms with Gasteiger partial charge in [0, 0.05) is 5.56 Å². The predicted molar refractivity (Wildman–Crippen MR) is 123 cm³/mol. The van der Waals surface area contributed by atoms with Gasteiger partial charge < -0.3 is 15.2 Å². The molecule has 0 unspecified atom stereocenters. The van der Waals surface area contributed by atoms with Crippen LogP contribution in [-0.2, 0) is 0 Å². The maximum absolute atomic E-state index is 13.1. The summed E-state index contributed by atoms with van der Waals surface area (Å²) < 4.78 is 16.7. The lowest BCUT2D eigenvalue weighted by Crippen LogP contribution is -2.21. The van der Waals surface area contributed by atoms with E-state index in [4.69, 9.17) is 19.8 Å². The molecule has 12 nitrogen and oxygen atoms in total. The average Bonchev–Trinajstić information content (AvgIpc) is 3.48. The van der Waals surface area contributed by atoms with E-state index >= 15 is 0 Å². The summed E-state index contributed by atoms with van der Waals surface area (Å²) in [6, 6.07) is 14.4. The van der Waals surface area contributed by atoms with Gasteiger partial charge in [-0.15, -0.1) is 5.10 Å². The molecule has 0 aliphatic heterocycles. The third-order valence-corrected chi connectivity index (χ3v) is 4.83. The molecule has 0 radical (unpaired) electrons. The van der Waals surface area contributed by atoms with Crippen LogP contribution in [0.5, 0.6) is 11.5 Å². The van der Waals surface area contributed by atoms with Crippen molar-refractivity contribution in [1.82, 2.24) is 30.7 Å². The first-order valence-electron chi connectivity index (χ1n) is 10.3. The fourth-order valence-corrected chi connectivity index (χ4v) is 3.16. The van der Waals surface area contributed by atoms with Gasteiger partial charge in [0.2, 0.25) is 11.6 Å². The minimum Gasteiger partial charge on any atom is -0.497 e. The Balaban J connectivity index is 1.70. The van der Waals surface area contributed by atoms with Crippen molar-refractivity contribution in [3.63, 3.8) is 0 Å². The molecular formula is C22H22N8O4. The molecule has 0 aliphatic rings. The van der Waals surface area contributed by atoms with E-state index in [1.807, 2.05) is 31.2 Å². The zero-order chi connectivity index (χ0) is 24.1. The summed E-state index contributed by atoms with van der Waals surface area (Å²) in [5, 5.41) is 19.7. The Morgan fingerprint density at radius 2 is 1.97 bits per heavy atom. The third kappa shape index (κ3) is 4.55. The maximum atomic E-state index is 13.1. The molecule has 0 spiro atoms. The van der Waals surface area contributed by atoms with Crippen LogP contribution in [0.4, 0.5) is 5.82 Å². The summed E-state index contributed by atoms with van der Waals surface area (Å²) in [5.41, 5.74) is 10.7. The number of methoxy groups -OCH3 is 1. The van der Waals surface area contributed by atoms with Crippen molar-refractivity contribution in [2.75, 3.05) is 19.5 Å². The van der Waals surface area contributed by atoms with Gasteiger partial charge in [0.15, 0.2) is 5.69 Å². The van der Waals surface area contributed by atoms with Crippen LogP contribution in [0, 0.1) is 0 Å². The van der Waals surface area contributed by atoms with E-state index in [2.05, 4.69) is 31.2 Å². The van der Waals surface area contributed by atoms with Gasteiger partial charge in [0.1, 0.15) is 17.2 Å². The lowest BCUT2D eigenvalue weighted by Gasteiger charge is -2.09. The fourth-order valence-electron chi connectivity index (χ4n) is 3.16. The van der Waals surface area contributed by atoms with Crippen LogP contribution < -0.4 is 20.6 Å². The van der Waals surface area contributed by atoms with Crippen molar-refractivity contribution in [3.8, 4) is 28.6 Å². The first-order valence-corrected chi connectivity index (χ1v) is 10.3. The summed E-state index contributed by atoms with van der Waals surface area (Å²) in [7, 11) is 1.59. The van der Waals surface area contributed by atoms with Gasteiger partial charge >= 0.3 is 0 Å². The fraction of sp³-hybridized carbons (Fsp3) is 0.182. The molecule has 2 aromatic carbocycles. The number of ether oxygens (including phenoxy) is 2. The number of carbonyl (C=O) groups is 1. The first-order chi connectivity index (χ1) is 16.5. The molecule has 3 N–H and O–H groups in total. The van der Waals surface area contributed by atoms with E-state index in [0.717, 1.165) is 11.3 Å². The quantitative estimate of drug-likeness (QED) is 0.297. The first kappa shape index (κ1) is 22.5. The zero-order valence-corrected chi connectivity index (χ0v) is 18.7. The highest BCUT2D eigenvalue weighted by atomic mass is 16.6. The van der Waals surface area contributed by atoms with Gasteiger partial charge in [0.05, 0.1) is 19.4 Å². The molecule has 4 aromatic rings. The smallest absolute Gasteiger partial charge is 0.294 e. The van der Waals surface area contributed by atoms with Gasteiger partial charge in [-0.3, -0.25) is 4.79 Å². The summed E-state index contributed by atoms with van der Waals surface area (Å²) >= 11 is 0. The van der Waals surface area contributed by atoms with Gasteiger partial charge in [-0.25, -0.2) is 10.1 Å². The van der Waals surface area contributed by atoms with E-state index in [0.29, 0.717) is 29.3 Å². The van der Waals surface area contributed by atoms with Crippen LogP contribution in [-0.4, -0.2) is 50.6 Å². The number of hydrogen-bond acceptors (Lipinski definition) is 10. The number of hydrazone groups is 1. The standard InChI is InChI=1S/C22H22N8O4/c1-4-33-17-7-5-6-15(12-17)19-18(25-29-30(19)21-20(23)27-34-28-21)22(31)26-24-13(2)14-8-10-16(32-3)11-9-14/h5-12H,4H2,1-3H3,(H2,23,27)(H,26,31)/b24-13+. The Morgan fingerprint density at radius 1 is 1.18 bits per heavy atom. The monoisotopic (exact) mass is 462 g/mol. The van der Waals surface area contributed by atoms with Gasteiger partial charge in [-0.05, 0) is 66.1 Å². The number of nitrogens with one attached hydrogen (secondary N) is 1. The predicted octanol–water partition coefficient (Wildman–Crippen LogP) is 2.46. The van der Waals surface area contributed by atoms with Crippen molar-refractivity contribution in [2.45, 2.75) is 13.8 Å². The minimum atomic E-state index is -0.578. The Morgan fingerprint density at radius 3 is 2.65 bits per heavy atom. The van der Waals surface area contributed by atoms with Crippen LogP contribution in [0.3, 0.4) is 0 Å². The number of anilines is 1. The number of aromatic nitrogens is 5. The molecule has 0 fully saturated rings. The Hall–Kier alpha value is -4.74. The number of hydrogen-bond donors (Lipinski definition) is 2. The van der Waals surface area contributed by atoms with Crippen LogP contribution in [0.15, 0.2) is 58.3 Å². The molecule has 0 aliphatic carbocycles. The molecule has 0 bridgehead atoms. The average molecular weight is 462 g/mol. The second-order valence-corrected chi connectivity index (χ2v) is 7.00. The zero-order valence-electron chi connectivity index (χ0n) is 18.7. The van der Waals surface area contributed by atoms with Crippen molar-refractivity contribution < 1.29 is 18.9 Å². The summed E-state index contributed by atoms with van der Waals surface area (Å²) in [6.45, 7) is 4.13. The van der Waals surface area contributed by atoms with Crippen molar-refractivity contribution in [3.05, 3.63) is 59.8 Å². The molecule has 0 saturated heterocycles. The van der Waals surface area contributed by atoms with E-state index in [9.17, 15) is 4.79 Å². The molecule has 174 valence electrons. The molecule has 2 heterocycles. The number of nitrogen functional groups attached to an aromatic ring is 1. The number of nitrogens with two attached hydrogens (primary N) is 1. The molecule has 1 amide bonds. The second-order valence-electron chi connectivity index (χ2n) is 7.00. The summed E-state index contributed by atoms with van der Waals surface area (Å²) in [6.07, 6.45) is 0. The minimum absolute atomic E-state index is 0.00216. The molecule has 0 saturated carbocycles. The largest absolute Gasteiger partial charge is 0.497 e. The number of rotatable bonds is 8. The summed E-state index contributed by atoms with van der Waals surface area (Å²) in [5.74, 6) is 0.844. The molecule has 0 atom stereocenters. The van der Waals surface area contributed by atoms with Gasteiger partial charge in [-0.1, -0.05) is 17.3 Å². The molecule has 4 rings (SSSR count).